The van der Waals surface area contributed by atoms with Crippen molar-refractivity contribution in [2.24, 2.45) is 0 Å². The summed E-state index contributed by atoms with van der Waals surface area (Å²) in [6.45, 7) is 3.69. The number of anilines is 3. The molecule has 9 heteroatoms. The molecule has 3 N–H and O–H groups in total. The van der Waals surface area contributed by atoms with Crippen LogP contribution in [-0.2, 0) is 6.18 Å². The third-order valence-electron chi connectivity index (χ3n) is 4.04. The zero-order chi connectivity index (χ0) is 21.0. The SMILES string of the molecule is Cc1cc(Nc2nccc(C(F)(F)F)n2)cc(-c2ccnc(N[C@@H](C)CO)c2)c1. The van der Waals surface area contributed by atoms with Crippen molar-refractivity contribution in [2.45, 2.75) is 26.1 Å². The second-order valence-corrected chi connectivity index (χ2v) is 6.63. The van der Waals surface area contributed by atoms with Gasteiger partial charge in [0.2, 0.25) is 5.95 Å². The Morgan fingerprint density at radius 1 is 1.03 bits per heavy atom. The van der Waals surface area contributed by atoms with E-state index in [1.54, 1.807) is 18.3 Å². The average Bonchev–Trinajstić information content (AvgIpc) is 2.67. The van der Waals surface area contributed by atoms with Crippen LogP contribution < -0.4 is 10.6 Å². The predicted molar refractivity (Wildman–Crippen MR) is 105 cm³/mol. The van der Waals surface area contributed by atoms with Crippen LogP contribution in [0.25, 0.3) is 11.1 Å². The molecule has 0 radical (unpaired) electrons. The lowest BCUT2D eigenvalue weighted by Gasteiger charge is -2.14. The average molecular weight is 403 g/mol. The van der Waals surface area contributed by atoms with Crippen molar-refractivity contribution in [1.29, 1.82) is 0 Å². The van der Waals surface area contributed by atoms with E-state index in [1.165, 1.54) is 0 Å². The van der Waals surface area contributed by atoms with Gasteiger partial charge in [0.1, 0.15) is 11.5 Å². The molecule has 152 valence electrons. The molecule has 0 bridgehead atoms. The number of rotatable bonds is 6. The van der Waals surface area contributed by atoms with Gasteiger partial charge in [-0.3, -0.25) is 0 Å². The minimum atomic E-state index is -4.54. The summed E-state index contributed by atoms with van der Waals surface area (Å²) in [6.07, 6.45) is -1.83. The lowest BCUT2D eigenvalue weighted by molar-refractivity contribution is -0.141. The second kappa shape index (κ2) is 8.44. The normalized spacial score (nSPS) is 12.5. The summed E-state index contributed by atoms with van der Waals surface area (Å²) in [5.74, 6) is 0.478. The highest BCUT2D eigenvalue weighted by atomic mass is 19.4. The van der Waals surface area contributed by atoms with Crippen molar-refractivity contribution in [3.8, 4) is 11.1 Å². The Balaban J connectivity index is 1.89. The molecule has 29 heavy (non-hydrogen) atoms. The van der Waals surface area contributed by atoms with Gasteiger partial charge in [-0.1, -0.05) is 6.07 Å². The van der Waals surface area contributed by atoms with E-state index >= 15 is 0 Å². The molecule has 3 rings (SSSR count). The first kappa shape index (κ1) is 20.5. The number of aryl methyl sites for hydroxylation is 1. The molecule has 0 saturated carbocycles. The van der Waals surface area contributed by atoms with Gasteiger partial charge in [-0.15, -0.1) is 0 Å². The Morgan fingerprint density at radius 2 is 1.79 bits per heavy atom. The predicted octanol–water partition coefficient (Wildman–Crippen LogP) is 4.40. The van der Waals surface area contributed by atoms with Crippen LogP contribution in [-0.4, -0.2) is 32.7 Å². The lowest BCUT2D eigenvalue weighted by Crippen LogP contribution is -2.19. The maximum atomic E-state index is 12.9. The molecule has 1 aromatic carbocycles. The highest BCUT2D eigenvalue weighted by Crippen LogP contribution is 2.30. The highest BCUT2D eigenvalue weighted by Gasteiger charge is 2.32. The largest absolute Gasteiger partial charge is 0.433 e. The highest BCUT2D eigenvalue weighted by molar-refractivity contribution is 5.72. The number of benzene rings is 1. The Bertz CT molecular complexity index is 994. The van der Waals surface area contributed by atoms with Crippen LogP contribution in [0.2, 0.25) is 0 Å². The van der Waals surface area contributed by atoms with Crippen molar-refractivity contribution in [3.63, 3.8) is 0 Å². The van der Waals surface area contributed by atoms with Crippen LogP contribution >= 0.6 is 0 Å². The number of aliphatic hydroxyl groups is 1. The van der Waals surface area contributed by atoms with Crippen molar-refractivity contribution in [1.82, 2.24) is 15.0 Å². The van der Waals surface area contributed by atoms with Crippen LogP contribution in [0.15, 0.2) is 48.8 Å². The lowest BCUT2D eigenvalue weighted by atomic mass is 10.0. The quantitative estimate of drug-likeness (QED) is 0.566. The number of nitrogens with one attached hydrogen (secondary N) is 2. The molecule has 6 nitrogen and oxygen atoms in total. The molecule has 0 spiro atoms. The number of hydrogen-bond acceptors (Lipinski definition) is 6. The zero-order valence-electron chi connectivity index (χ0n) is 15.8. The van der Waals surface area contributed by atoms with Crippen LogP contribution in [0.4, 0.5) is 30.6 Å². The molecular weight excluding hydrogens is 383 g/mol. The molecule has 0 aliphatic heterocycles. The van der Waals surface area contributed by atoms with Gasteiger partial charge in [0.05, 0.1) is 6.61 Å². The van der Waals surface area contributed by atoms with Crippen molar-refractivity contribution in [3.05, 3.63) is 60.0 Å². The van der Waals surface area contributed by atoms with E-state index in [2.05, 4.69) is 25.6 Å². The Kier molecular flexibility index (Phi) is 5.97. The minimum Gasteiger partial charge on any atom is -0.394 e. The first-order valence-corrected chi connectivity index (χ1v) is 8.87. The molecule has 3 aromatic rings. The number of aliphatic hydroxyl groups excluding tert-OH is 1. The summed E-state index contributed by atoms with van der Waals surface area (Å²) >= 11 is 0. The Labute approximate surface area is 165 Å². The fourth-order valence-corrected chi connectivity index (χ4v) is 2.71. The standard InChI is InChI=1S/C20H20F3N5O/c1-12-7-15(14-3-5-24-18(10-14)26-13(2)11-29)9-16(8-12)27-19-25-6-4-17(28-19)20(21,22)23/h3-10,13,29H,11H2,1-2H3,(H,24,26)(H,25,27,28)/t13-/m0/s1. The van der Waals surface area contributed by atoms with Crippen LogP contribution in [0.5, 0.6) is 0 Å². The van der Waals surface area contributed by atoms with E-state index in [-0.39, 0.29) is 18.6 Å². The number of halogens is 3. The van der Waals surface area contributed by atoms with Crippen molar-refractivity contribution < 1.29 is 18.3 Å². The summed E-state index contributed by atoms with van der Waals surface area (Å²) < 4.78 is 38.6. The van der Waals surface area contributed by atoms with Gasteiger partial charge in [0, 0.05) is 24.1 Å². The Morgan fingerprint density at radius 3 is 2.52 bits per heavy atom. The van der Waals surface area contributed by atoms with E-state index < -0.39 is 11.9 Å². The topological polar surface area (TPSA) is 83.0 Å². The molecule has 0 unspecified atom stereocenters. The van der Waals surface area contributed by atoms with E-state index in [1.807, 2.05) is 32.0 Å². The summed E-state index contributed by atoms with van der Waals surface area (Å²) in [4.78, 5) is 11.6. The number of pyridine rings is 1. The first-order chi connectivity index (χ1) is 13.7. The maximum absolute atomic E-state index is 12.9. The summed E-state index contributed by atoms with van der Waals surface area (Å²) in [5.41, 5.74) is 2.18. The van der Waals surface area contributed by atoms with Crippen molar-refractivity contribution in [2.75, 3.05) is 17.2 Å². The molecular formula is C20H20F3N5O. The molecule has 0 aliphatic carbocycles. The van der Waals surface area contributed by atoms with E-state index in [9.17, 15) is 18.3 Å². The van der Waals surface area contributed by atoms with Gasteiger partial charge in [-0.25, -0.2) is 15.0 Å². The van der Waals surface area contributed by atoms with Gasteiger partial charge in [-0.2, -0.15) is 13.2 Å². The van der Waals surface area contributed by atoms with Crippen LogP contribution in [0, 0.1) is 6.92 Å². The van der Waals surface area contributed by atoms with Gasteiger partial charge in [0.25, 0.3) is 0 Å². The van der Waals surface area contributed by atoms with Gasteiger partial charge in [-0.05, 0) is 60.9 Å². The molecule has 2 aromatic heterocycles. The van der Waals surface area contributed by atoms with Crippen LogP contribution in [0.3, 0.4) is 0 Å². The van der Waals surface area contributed by atoms with Crippen LogP contribution in [0.1, 0.15) is 18.2 Å². The number of alkyl halides is 3. The van der Waals surface area contributed by atoms with Gasteiger partial charge in [0.15, 0.2) is 0 Å². The minimum absolute atomic E-state index is 0.0264. The third kappa shape index (κ3) is 5.41. The smallest absolute Gasteiger partial charge is 0.394 e. The van der Waals surface area contributed by atoms with Gasteiger partial charge >= 0.3 is 6.18 Å². The molecule has 1 atom stereocenters. The maximum Gasteiger partial charge on any atom is 0.433 e. The zero-order valence-corrected chi connectivity index (χ0v) is 15.8. The monoisotopic (exact) mass is 403 g/mol. The fourth-order valence-electron chi connectivity index (χ4n) is 2.71. The Hall–Kier alpha value is -3.20. The number of aromatic nitrogens is 3. The molecule has 0 amide bonds. The van der Waals surface area contributed by atoms with E-state index in [4.69, 9.17) is 0 Å². The summed E-state index contributed by atoms with van der Waals surface area (Å²) in [6, 6.07) is 9.88. The van der Waals surface area contributed by atoms with Gasteiger partial charge < -0.3 is 15.7 Å². The van der Waals surface area contributed by atoms with E-state index in [0.717, 1.165) is 29.0 Å². The third-order valence-corrected chi connectivity index (χ3v) is 4.04. The summed E-state index contributed by atoms with van der Waals surface area (Å²) in [7, 11) is 0. The number of hydrogen-bond donors (Lipinski definition) is 3. The summed E-state index contributed by atoms with van der Waals surface area (Å²) in [5, 5.41) is 15.1. The molecule has 0 fully saturated rings. The number of nitrogens with zero attached hydrogens (tertiary/aromatic N) is 3. The fraction of sp³-hybridized carbons (Fsp3) is 0.250. The molecule has 2 heterocycles. The first-order valence-electron chi connectivity index (χ1n) is 8.87. The molecule has 0 saturated heterocycles. The molecule has 0 aliphatic rings. The van der Waals surface area contributed by atoms with E-state index in [0.29, 0.717) is 11.5 Å². The van der Waals surface area contributed by atoms with Crippen molar-refractivity contribution >= 4 is 17.5 Å². The second-order valence-electron chi connectivity index (χ2n) is 6.63.